The van der Waals surface area contributed by atoms with E-state index in [0.717, 1.165) is 30.2 Å². The quantitative estimate of drug-likeness (QED) is 0.814. The SMILES string of the molecule is Cc1nn(C)c(C)c1NC(=O)CC1COCCN1. The molecule has 1 unspecified atom stereocenters. The van der Waals surface area contributed by atoms with Crippen molar-refractivity contribution in [2.75, 3.05) is 25.1 Å². The summed E-state index contributed by atoms with van der Waals surface area (Å²) in [6.07, 6.45) is 0.424. The summed E-state index contributed by atoms with van der Waals surface area (Å²) in [5, 5.41) is 10.5. The van der Waals surface area contributed by atoms with Crippen LogP contribution < -0.4 is 10.6 Å². The van der Waals surface area contributed by atoms with Crippen molar-refractivity contribution in [2.24, 2.45) is 7.05 Å². The predicted octanol–water partition coefficient (Wildman–Crippen LogP) is 0.354. The summed E-state index contributed by atoms with van der Waals surface area (Å²) in [4.78, 5) is 12.0. The van der Waals surface area contributed by atoms with Gasteiger partial charge in [-0.05, 0) is 13.8 Å². The molecule has 0 radical (unpaired) electrons. The van der Waals surface area contributed by atoms with Gasteiger partial charge in [-0.2, -0.15) is 5.10 Å². The molecule has 6 heteroatoms. The Balaban J connectivity index is 1.94. The molecule has 1 aromatic heterocycles. The maximum atomic E-state index is 12.0. The van der Waals surface area contributed by atoms with Crippen molar-refractivity contribution in [3.05, 3.63) is 11.4 Å². The van der Waals surface area contributed by atoms with Gasteiger partial charge in [0.25, 0.3) is 0 Å². The van der Waals surface area contributed by atoms with Gasteiger partial charge in [-0.3, -0.25) is 9.48 Å². The van der Waals surface area contributed by atoms with Crippen molar-refractivity contribution in [3.8, 4) is 0 Å². The van der Waals surface area contributed by atoms with Crippen molar-refractivity contribution in [3.63, 3.8) is 0 Å². The van der Waals surface area contributed by atoms with Crippen LogP contribution in [0.5, 0.6) is 0 Å². The minimum atomic E-state index is -0.00259. The second kappa shape index (κ2) is 5.49. The largest absolute Gasteiger partial charge is 0.378 e. The molecule has 0 saturated carbocycles. The van der Waals surface area contributed by atoms with E-state index in [9.17, 15) is 4.79 Å². The van der Waals surface area contributed by atoms with Crippen LogP contribution in [0.2, 0.25) is 0 Å². The summed E-state index contributed by atoms with van der Waals surface area (Å²) >= 11 is 0. The average Bonchev–Trinajstić information content (AvgIpc) is 2.57. The number of aromatic nitrogens is 2. The van der Waals surface area contributed by atoms with Crippen LogP contribution in [0.1, 0.15) is 17.8 Å². The van der Waals surface area contributed by atoms with Gasteiger partial charge in [-0.1, -0.05) is 0 Å². The summed E-state index contributed by atoms with van der Waals surface area (Å²) in [5.74, 6) is -0.00259. The molecule has 1 amide bonds. The molecule has 0 bridgehead atoms. The van der Waals surface area contributed by atoms with Crippen molar-refractivity contribution >= 4 is 11.6 Å². The zero-order valence-corrected chi connectivity index (χ0v) is 11.1. The summed E-state index contributed by atoms with van der Waals surface area (Å²) in [6, 6.07) is 0.107. The Bertz CT molecular complexity index is 436. The molecule has 1 fully saturated rings. The molecular formula is C12H20N4O2. The number of aryl methyl sites for hydroxylation is 2. The van der Waals surface area contributed by atoms with Crippen molar-refractivity contribution in [1.82, 2.24) is 15.1 Å². The number of nitrogens with zero attached hydrogens (tertiary/aromatic N) is 2. The maximum absolute atomic E-state index is 12.0. The average molecular weight is 252 g/mol. The first-order chi connectivity index (χ1) is 8.58. The Labute approximate surface area is 107 Å². The van der Waals surface area contributed by atoms with E-state index < -0.39 is 0 Å². The minimum Gasteiger partial charge on any atom is -0.378 e. The second-order valence-corrected chi connectivity index (χ2v) is 4.65. The van der Waals surface area contributed by atoms with Gasteiger partial charge in [0, 0.05) is 26.1 Å². The van der Waals surface area contributed by atoms with E-state index >= 15 is 0 Å². The van der Waals surface area contributed by atoms with Gasteiger partial charge in [0.1, 0.15) is 0 Å². The number of hydrogen-bond acceptors (Lipinski definition) is 4. The van der Waals surface area contributed by atoms with Crippen molar-refractivity contribution < 1.29 is 9.53 Å². The summed E-state index contributed by atoms with van der Waals surface area (Å²) in [7, 11) is 1.87. The molecule has 0 aromatic carbocycles. The normalized spacial score (nSPS) is 19.8. The van der Waals surface area contributed by atoms with Gasteiger partial charge in [0.2, 0.25) is 5.91 Å². The Morgan fingerprint density at radius 1 is 1.61 bits per heavy atom. The first-order valence-corrected chi connectivity index (χ1v) is 6.19. The number of ether oxygens (including phenoxy) is 1. The molecule has 1 aliphatic rings. The number of carbonyl (C=O) groups excluding carboxylic acids is 1. The van der Waals surface area contributed by atoms with Crippen LogP contribution in [0.25, 0.3) is 0 Å². The van der Waals surface area contributed by atoms with Gasteiger partial charge in [0.05, 0.1) is 30.3 Å². The van der Waals surface area contributed by atoms with Crippen LogP contribution in [-0.2, 0) is 16.6 Å². The number of morpholine rings is 1. The molecule has 6 nitrogen and oxygen atoms in total. The fraction of sp³-hybridized carbons (Fsp3) is 0.667. The van der Waals surface area contributed by atoms with Crippen LogP contribution in [0.4, 0.5) is 5.69 Å². The van der Waals surface area contributed by atoms with E-state index in [1.807, 2.05) is 20.9 Å². The van der Waals surface area contributed by atoms with E-state index in [1.165, 1.54) is 0 Å². The monoisotopic (exact) mass is 252 g/mol. The molecule has 0 aliphatic carbocycles. The van der Waals surface area contributed by atoms with Crippen molar-refractivity contribution in [2.45, 2.75) is 26.3 Å². The van der Waals surface area contributed by atoms with E-state index in [1.54, 1.807) is 4.68 Å². The fourth-order valence-corrected chi connectivity index (χ4v) is 2.12. The Morgan fingerprint density at radius 3 is 2.94 bits per heavy atom. The molecule has 2 rings (SSSR count). The van der Waals surface area contributed by atoms with Gasteiger partial charge >= 0.3 is 0 Å². The lowest BCUT2D eigenvalue weighted by atomic mass is 10.2. The lowest BCUT2D eigenvalue weighted by Gasteiger charge is -2.23. The smallest absolute Gasteiger partial charge is 0.226 e. The minimum absolute atomic E-state index is 0.00259. The topological polar surface area (TPSA) is 68.2 Å². The molecule has 0 spiro atoms. The number of nitrogens with one attached hydrogen (secondary N) is 2. The molecule has 1 saturated heterocycles. The van der Waals surface area contributed by atoms with Crippen molar-refractivity contribution in [1.29, 1.82) is 0 Å². The van der Waals surface area contributed by atoms with Gasteiger partial charge in [-0.25, -0.2) is 0 Å². The third-order valence-electron chi connectivity index (χ3n) is 3.20. The van der Waals surface area contributed by atoms with E-state index in [2.05, 4.69) is 15.7 Å². The highest BCUT2D eigenvalue weighted by atomic mass is 16.5. The molecule has 1 atom stereocenters. The highest BCUT2D eigenvalue weighted by Gasteiger charge is 2.18. The van der Waals surface area contributed by atoms with E-state index in [-0.39, 0.29) is 11.9 Å². The second-order valence-electron chi connectivity index (χ2n) is 4.65. The number of carbonyl (C=O) groups is 1. The first kappa shape index (κ1) is 13.0. The number of anilines is 1. The van der Waals surface area contributed by atoms with Gasteiger partial charge in [0.15, 0.2) is 0 Å². The predicted molar refractivity (Wildman–Crippen MR) is 68.5 cm³/mol. The molecule has 18 heavy (non-hydrogen) atoms. The first-order valence-electron chi connectivity index (χ1n) is 6.19. The van der Waals surface area contributed by atoms with Crippen LogP contribution in [0.15, 0.2) is 0 Å². The van der Waals surface area contributed by atoms with E-state index in [0.29, 0.717) is 13.0 Å². The van der Waals surface area contributed by atoms with Crippen LogP contribution in [-0.4, -0.2) is 41.5 Å². The molecule has 100 valence electrons. The molecule has 2 N–H and O–H groups in total. The number of hydrogen-bond donors (Lipinski definition) is 2. The molecular weight excluding hydrogens is 232 g/mol. The van der Waals surface area contributed by atoms with Crippen LogP contribution >= 0.6 is 0 Å². The zero-order chi connectivity index (χ0) is 13.1. The van der Waals surface area contributed by atoms with E-state index in [4.69, 9.17) is 4.74 Å². The molecule has 2 heterocycles. The maximum Gasteiger partial charge on any atom is 0.226 e. The van der Waals surface area contributed by atoms with Crippen LogP contribution in [0, 0.1) is 13.8 Å². The molecule has 1 aliphatic heterocycles. The Kier molecular flexibility index (Phi) is 3.98. The lowest BCUT2D eigenvalue weighted by molar-refractivity contribution is -0.117. The van der Waals surface area contributed by atoms with Gasteiger partial charge in [-0.15, -0.1) is 0 Å². The third kappa shape index (κ3) is 2.88. The fourth-order valence-electron chi connectivity index (χ4n) is 2.12. The Morgan fingerprint density at radius 2 is 2.39 bits per heavy atom. The summed E-state index contributed by atoms with van der Waals surface area (Å²) in [6.45, 7) is 5.96. The number of rotatable bonds is 3. The summed E-state index contributed by atoms with van der Waals surface area (Å²) in [5.41, 5.74) is 2.63. The zero-order valence-electron chi connectivity index (χ0n) is 11.1. The molecule has 1 aromatic rings. The summed E-state index contributed by atoms with van der Waals surface area (Å²) < 4.78 is 7.10. The standard InChI is InChI=1S/C12H20N4O2/c1-8-12(9(2)16(3)15-8)14-11(17)6-10-7-18-5-4-13-10/h10,13H,4-7H2,1-3H3,(H,14,17). The van der Waals surface area contributed by atoms with Crippen LogP contribution in [0.3, 0.4) is 0 Å². The number of amides is 1. The highest BCUT2D eigenvalue weighted by Crippen LogP contribution is 2.18. The lowest BCUT2D eigenvalue weighted by Crippen LogP contribution is -2.43. The third-order valence-corrected chi connectivity index (χ3v) is 3.20. The Hall–Kier alpha value is -1.40. The highest BCUT2D eigenvalue weighted by molar-refractivity contribution is 5.92. The van der Waals surface area contributed by atoms with Gasteiger partial charge < -0.3 is 15.4 Å².